The molecule has 5 atom stereocenters. The quantitative estimate of drug-likeness (QED) is 0.0730. The number of hydrogen-bond donors (Lipinski definition) is 1. The fourth-order valence-corrected chi connectivity index (χ4v) is 8.07. The van der Waals surface area contributed by atoms with Gasteiger partial charge in [0.2, 0.25) is 0 Å². The highest BCUT2D eigenvalue weighted by atomic mass is 28.4. The molecule has 41 heavy (non-hydrogen) atoms. The SMILES string of the molecule is C=CCCCC(=O)O[C@H]1C[C@@H](O[Si](C)(C)C(C)(C)C)[C@H](/C=C/[C@@](C)(CCCCC)CC(C)(C)[Si](C)(C)O)[C@H]1CC=C. The van der Waals surface area contributed by atoms with Crippen molar-refractivity contribution in [1.82, 2.24) is 0 Å². The maximum absolute atomic E-state index is 12.8. The Hall–Kier alpha value is -0.956. The fraction of sp³-hybridized carbons (Fsp3) is 0.800. The van der Waals surface area contributed by atoms with Gasteiger partial charge in [-0.25, -0.2) is 0 Å². The zero-order valence-electron chi connectivity index (χ0n) is 28.8. The summed E-state index contributed by atoms with van der Waals surface area (Å²) in [6.07, 6.45) is 17.6. The molecule has 0 amide bonds. The minimum absolute atomic E-state index is 0.000346. The number of carbonyl (C=O) groups is 1. The predicted octanol–water partition coefficient (Wildman–Crippen LogP) is 10.4. The largest absolute Gasteiger partial charge is 0.462 e. The van der Waals surface area contributed by atoms with Crippen LogP contribution in [-0.4, -0.2) is 39.6 Å². The molecule has 0 aliphatic heterocycles. The first-order chi connectivity index (χ1) is 18.7. The number of allylic oxidation sites excluding steroid dienone is 3. The molecule has 0 unspecified atom stereocenters. The summed E-state index contributed by atoms with van der Waals surface area (Å²) in [4.78, 5) is 24.0. The van der Waals surface area contributed by atoms with Crippen molar-refractivity contribution in [3.63, 3.8) is 0 Å². The van der Waals surface area contributed by atoms with Crippen molar-refractivity contribution in [2.24, 2.45) is 17.3 Å². The second-order valence-corrected chi connectivity index (χ2v) is 24.9. The van der Waals surface area contributed by atoms with Crippen LogP contribution in [0.15, 0.2) is 37.5 Å². The van der Waals surface area contributed by atoms with Crippen LogP contribution in [0.25, 0.3) is 0 Å². The molecule has 6 heteroatoms. The topological polar surface area (TPSA) is 55.8 Å². The Bertz CT molecular complexity index is 864. The van der Waals surface area contributed by atoms with Gasteiger partial charge in [0.05, 0.1) is 6.10 Å². The van der Waals surface area contributed by atoms with E-state index in [1.807, 2.05) is 12.2 Å². The highest BCUT2D eigenvalue weighted by Gasteiger charge is 2.49. The van der Waals surface area contributed by atoms with Gasteiger partial charge in [-0.1, -0.05) is 92.0 Å². The van der Waals surface area contributed by atoms with E-state index in [0.29, 0.717) is 6.42 Å². The molecule has 1 aliphatic rings. The summed E-state index contributed by atoms with van der Waals surface area (Å²) in [5.41, 5.74) is -0.0363. The van der Waals surface area contributed by atoms with Crippen molar-refractivity contribution in [2.75, 3.05) is 0 Å². The van der Waals surface area contributed by atoms with E-state index in [-0.39, 0.29) is 45.5 Å². The Kier molecular flexibility index (Phi) is 14.6. The van der Waals surface area contributed by atoms with Crippen molar-refractivity contribution in [2.45, 2.75) is 161 Å². The van der Waals surface area contributed by atoms with Crippen LogP contribution in [0.4, 0.5) is 0 Å². The van der Waals surface area contributed by atoms with Crippen molar-refractivity contribution in [3.05, 3.63) is 37.5 Å². The molecule has 4 nitrogen and oxygen atoms in total. The van der Waals surface area contributed by atoms with E-state index in [4.69, 9.17) is 9.16 Å². The van der Waals surface area contributed by atoms with Crippen molar-refractivity contribution >= 4 is 22.6 Å². The first kappa shape index (κ1) is 38.1. The molecule has 0 aromatic rings. The van der Waals surface area contributed by atoms with Crippen molar-refractivity contribution in [1.29, 1.82) is 0 Å². The molecule has 1 aliphatic carbocycles. The summed E-state index contributed by atoms with van der Waals surface area (Å²) in [6.45, 7) is 32.6. The summed E-state index contributed by atoms with van der Waals surface area (Å²) in [6, 6.07) is 0. The molecule has 0 bridgehead atoms. The molecular weight excluding hydrogens is 541 g/mol. The minimum Gasteiger partial charge on any atom is -0.462 e. The maximum Gasteiger partial charge on any atom is 0.306 e. The lowest BCUT2D eigenvalue weighted by atomic mass is 9.76. The third-order valence-electron chi connectivity index (χ3n) is 10.2. The van der Waals surface area contributed by atoms with Crippen molar-refractivity contribution in [3.8, 4) is 0 Å². The molecule has 0 heterocycles. The Morgan fingerprint density at radius 1 is 0.976 bits per heavy atom. The van der Waals surface area contributed by atoms with Crippen LogP contribution in [0.3, 0.4) is 0 Å². The van der Waals surface area contributed by atoms with Gasteiger partial charge >= 0.3 is 5.97 Å². The van der Waals surface area contributed by atoms with E-state index in [9.17, 15) is 9.59 Å². The fourth-order valence-electron chi connectivity index (χ4n) is 5.87. The number of rotatable bonds is 18. The molecule has 0 saturated heterocycles. The predicted molar refractivity (Wildman–Crippen MR) is 182 cm³/mol. The van der Waals surface area contributed by atoms with E-state index in [1.54, 1.807) is 0 Å². The number of unbranched alkanes of at least 4 members (excludes halogenated alkanes) is 3. The average molecular weight is 607 g/mol. The van der Waals surface area contributed by atoms with Gasteiger partial charge in [0.1, 0.15) is 6.10 Å². The number of esters is 1. The van der Waals surface area contributed by atoms with Gasteiger partial charge in [0.25, 0.3) is 0 Å². The lowest BCUT2D eigenvalue weighted by Gasteiger charge is -2.42. The van der Waals surface area contributed by atoms with E-state index in [2.05, 4.69) is 100.0 Å². The number of ether oxygens (including phenoxy) is 1. The smallest absolute Gasteiger partial charge is 0.306 e. The molecular formula is C35H66O4Si2. The molecule has 0 aromatic heterocycles. The highest BCUT2D eigenvalue weighted by molar-refractivity contribution is 6.74. The third-order valence-corrected chi connectivity index (χ3v) is 18.2. The van der Waals surface area contributed by atoms with Crippen LogP contribution in [0.1, 0.15) is 113 Å². The first-order valence-corrected chi connectivity index (χ1v) is 22.1. The molecule has 1 saturated carbocycles. The van der Waals surface area contributed by atoms with E-state index in [1.165, 1.54) is 19.3 Å². The molecule has 1 N–H and O–H groups in total. The van der Waals surface area contributed by atoms with Gasteiger partial charge in [-0.15, -0.1) is 13.2 Å². The van der Waals surface area contributed by atoms with Gasteiger partial charge in [-0.2, -0.15) is 0 Å². The lowest BCUT2D eigenvalue weighted by molar-refractivity contribution is -0.151. The molecule has 1 fully saturated rings. The molecule has 238 valence electrons. The Morgan fingerprint density at radius 2 is 1.61 bits per heavy atom. The number of hydrogen-bond acceptors (Lipinski definition) is 4. The minimum atomic E-state index is -2.37. The average Bonchev–Trinajstić information content (AvgIpc) is 3.11. The number of carbonyl (C=O) groups excluding carboxylic acids is 1. The van der Waals surface area contributed by atoms with Gasteiger partial charge in [0.15, 0.2) is 16.6 Å². The maximum atomic E-state index is 12.8. The van der Waals surface area contributed by atoms with Crippen LogP contribution in [0, 0.1) is 17.3 Å². The highest BCUT2D eigenvalue weighted by Crippen LogP contribution is 2.50. The van der Waals surface area contributed by atoms with Crippen LogP contribution in [-0.2, 0) is 14.0 Å². The van der Waals surface area contributed by atoms with E-state index < -0.39 is 16.6 Å². The summed E-state index contributed by atoms with van der Waals surface area (Å²) in [5.74, 6) is 0.155. The van der Waals surface area contributed by atoms with Gasteiger partial charge in [-0.3, -0.25) is 4.79 Å². The van der Waals surface area contributed by atoms with Gasteiger partial charge < -0.3 is 14.0 Å². The zero-order chi connectivity index (χ0) is 31.7. The van der Waals surface area contributed by atoms with Gasteiger partial charge in [-0.05, 0) is 73.8 Å². The normalized spacial score (nSPS) is 23.9. The van der Waals surface area contributed by atoms with Crippen LogP contribution in [0.2, 0.25) is 36.3 Å². The second-order valence-electron chi connectivity index (χ2n) is 15.7. The Balaban J connectivity index is 3.48. The molecule has 0 radical (unpaired) electrons. The van der Waals surface area contributed by atoms with Crippen LogP contribution in [0.5, 0.6) is 0 Å². The summed E-state index contributed by atoms with van der Waals surface area (Å²) < 4.78 is 13.3. The lowest BCUT2D eigenvalue weighted by Crippen LogP contribution is -2.45. The van der Waals surface area contributed by atoms with E-state index >= 15 is 0 Å². The van der Waals surface area contributed by atoms with Crippen LogP contribution < -0.4 is 0 Å². The standard InChI is InChI=1S/C35H66O4Si2/c1-14-17-19-22-32(36)38-30-26-31(39-41(12,13)33(4,5)6)29(28(30)21-16-3)23-25-35(9,24-20-18-15-2)27-34(7,8)40(10,11)37/h14,16,23,25,28-31,37H,1,3,15,17-22,24,26-27H2,2,4-13H3/b25-23+/t28-,29-,30+,31-,35-/m1/s1. The van der Waals surface area contributed by atoms with E-state index in [0.717, 1.165) is 38.5 Å². The Morgan fingerprint density at radius 3 is 2.12 bits per heavy atom. The zero-order valence-corrected chi connectivity index (χ0v) is 30.8. The first-order valence-electron chi connectivity index (χ1n) is 16.2. The summed E-state index contributed by atoms with van der Waals surface area (Å²) in [5, 5.41) is -0.0281. The third kappa shape index (κ3) is 11.6. The summed E-state index contributed by atoms with van der Waals surface area (Å²) in [7, 11) is -4.43. The molecule has 1 rings (SSSR count). The summed E-state index contributed by atoms with van der Waals surface area (Å²) >= 11 is 0. The van der Waals surface area contributed by atoms with Gasteiger partial charge in [0, 0.05) is 24.7 Å². The molecule has 0 aromatic carbocycles. The Labute approximate surface area is 256 Å². The molecule has 0 spiro atoms. The second kappa shape index (κ2) is 15.7. The monoisotopic (exact) mass is 606 g/mol. The van der Waals surface area contributed by atoms with Crippen molar-refractivity contribution < 1.29 is 18.8 Å². The van der Waals surface area contributed by atoms with Crippen LogP contribution >= 0.6 is 0 Å².